The molecule has 8 nitrogen and oxygen atoms in total. The van der Waals surface area contributed by atoms with E-state index in [0.717, 1.165) is 15.4 Å². The number of amides is 1. The molecule has 4 rings (SSSR count). The fourth-order valence-electron chi connectivity index (χ4n) is 4.15. The van der Waals surface area contributed by atoms with E-state index < -0.39 is 28.0 Å². The summed E-state index contributed by atoms with van der Waals surface area (Å²) in [6, 6.07) is 22.4. The number of para-hydroxylation sites is 1. The molecule has 0 saturated heterocycles. The van der Waals surface area contributed by atoms with Gasteiger partial charge in [-0.1, -0.05) is 42.5 Å². The van der Waals surface area contributed by atoms with Crippen molar-refractivity contribution in [1.82, 2.24) is 9.36 Å². The molecule has 0 unspecified atom stereocenters. The molecular weight excluding hydrogens is 476 g/mol. The molecule has 0 bridgehead atoms. The second-order valence-electron chi connectivity index (χ2n) is 8.66. The van der Waals surface area contributed by atoms with E-state index in [1.165, 1.54) is 16.8 Å². The Morgan fingerprint density at radius 1 is 0.889 bits per heavy atom. The Kier molecular flexibility index (Phi) is 6.85. The summed E-state index contributed by atoms with van der Waals surface area (Å²) in [6.45, 7) is 4.95. The van der Waals surface area contributed by atoms with E-state index in [1.807, 2.05) is 38.1 Å². The van der Waals surface area contributed by atoms with Gasteiger partial charge in [0.1, 0.15) is 12.2 Å². The van der Waals surface area contributed by atoms with Crippen molar-refractivity contribution >= 4 is 27.3 Å². The van der Waals surface area contributed by atoms with Crippen molar-refractivity contribution in [2.75, 3.05) is 16.2 Å². The van der Waals surface area contributed by atoms with Crippen molar-refractivity contribution in [3.05, 3.63) is 106 Å². The van der Waals surface area contributed by atoms with Crippen LogP contribution in [0.1, 0.15) is 16.8 Å². The van der Waals surface area contributed by atoms with Crippen LogP contribution >= 0.6 is 0 Å². The molecule has 36 heavy (non-hydrogen) atoms. The number of benzene rings is 3. The van der Waals surface area contributed by atoms with Crippen molar-refractivity contribution in [3.8, 4) is 5.69 Å². The molecule has 1 N–H and O–H groups in total. The van der Waals surface area contributed by atoms with Gasteiger partial charge in [-0.15, -0.1) is 0 Å². The van der Waals surface area contributed by atoms with Gasteiger partial charge < -0.3 is 5.32 Å². The Hall–Kier alpha value is -4.11. The van der Waals surface area contributed by atoms with Crippen molar-refractivity contribution in [2.45, 2.75) is 25.7 Å². The minimum atomic E-state index is -4.06. The van der Waals surface area contributed by atoms with Gasteiger partial charge in [-0.2, -0.15) is 0 Å². The standard InChI is InChI=1S/C27H28N4O4S/c1-19-15-20(2)17-23(16-19)30(36(34,35)24-13-9-6-10-14-24)18-25(32)28-26-21(3)29(4)31(27(26)33)22-11-7-5-8-12-22/h5-17H,18H2,1-4H3,(H,28,32). The lowest BCUT2D eigenvalue weighted by Crippen LogP contribution is -2.39. The number of carbonyl (C=O) groups is 1. The molecule has 0 aliphatic carbocycles. The van der Waals surface area contributed by atoms with E-state index in [0.29, 0.717) is 17.1 Å². The van der Waals surface area contributed by atoms with Crippen LogP contribution in [0.2, 0.25) is 0 Å². The summed E-state index contributed by atoms with van der Waals surface area (Å²) in [5.74, 6) is -0.625. The highest BCUT2D eigenvalue weighted by Crippen LogP contribution is 2.26. The zero-order valence-corrected chi connectivity index (χ0v) is 21.4. The quantitative estimate of drug-likeness (QED) is 0.413. The summed E-state index contributed by atoms with van der Waals surface area (Å²) < 4.78 is 31.4. The fraction of sp³-hybridized carbons (Fsp3) is 0.185. The van der Waals surface area contributed by atoms with Gasteiger partial charge in [0.15, 0.2) is 0 Å². The van der Waals surface area contributed by atoms with Crippen molar-refractivity contribution in [1.29, 1.82) is 0 Å². The minimum Gasteiger partial charge on any atom is -0.318 e. The van der Waals surface area contributed by atoms with Gasteiger partial charge in [0, 0.05) is 7.05 Å². The third-order valence-corrected chi connectivity index (χ3v) is 7.72. The van der Waals surface area contributed by atoms with Gasteiger partial charge in [-0.3, -0.25) is 18.6 Å². The highest BCUT2D eigenvalue weighted by Gasteiger charge is 2.28. The van der Waals surface area contributed by atoms with Crippen LogP contribution in [-0.4, -0.2) is 30.2 Å². The molecule has 0 atom stereocenters. The average molecular weight is 505 g/mol. The molecule has 1 amide bonds. The number of aryl methyl sites for hydroxylation is 2. The first-order chi connectivity index (χ1) is 17.1. The number of rotatable bonds is 7. The maximum absolute atomic E-state index is 13.6. The summed E-state index contributed by atoms with van der Waals surface area (Å²) in [5, 5.41) is 2.66. The van der Waals surface area contributed by atoms with Gasteiger partial charge in [0.05, 0.1) is 22.0 Å². The molecule has 0 radical (unpaired) electrons. The molecule has 4 aromatic rings. The van der Waals surface area contributed by atoms with E-state index in [2.05, 4.69) is 5.32 Å². The molecule has 1 aromatic heterocycles. The van der Waals surface area contributed by atoms with Crippen LogP contribution < -0.4 is 15.2 Å². The Labute approximate surface area is 210 Å². The zero-order valence-electron chi connectivity index (χ0n) is 20.6. The maximum atomic E-state index is 13.6. The first kappa shape index (κ1) is 25.0. The van der Waals surface area contributed by atoms with Crippen LogP contribution in [-0.2, 0) is 21.9 Å². The normalized spacial score (nSPS) is 11.3. The Morgan fingerprint density at radius 3 is 2.03 bits per heavy atom. The molecular formula is C27H28N4O4S. The molecule has 0 fully saturated rings. The number of carbonyl (C=O) groups excluding carboxylic acids is 1. The van der Waals surface area contributed by atoms with Gasteiger partial charge in [-0.05, 0) is 68.3 Å². The molecule has 0 saturated carbocycles. The van der Waals surface area contributed by atoms with Gasteiger partial charge in [-0.25, -0.2) is 13.1 Å². The van der Waals surface area contributed by atoms with Crippen LogP contribution in [0.5, 0.6) is 0 Å². The summed E-state index contributed by atoms with van der Waals surface area (Å²) in [7, 11) is -2.33. The lowest BCUT2D eigenvalue weighted by atomic mass is 10.1. The molecule has 0 spiro atoms. The summed E-state index contributed by atoms with van der Waals surface area (Å²) >= 11 is 0. The summed E-state index contributed by atoms with van der Waals surface area (Å²) in [6.07, 6.45) is 0. The first-order valence-electron chi connectivity index (χ1n) is 11.4. The van der Waals surface area contributed by atoms with E-state index in [9.17, 15) is 18.0 Å². The number of nitrogens with one attached hydrogen (secondary N) is 1. The number of hydrogen-bond donors (Lipinski definition) is 1. The number of sulfonamides is 1. The Bertz CT molecular complexity index is 1550. The minimum absolute atomic E-state index is 0.0688. The lowest BCUT2D eigenvalue weighted by Gasteiger charge is -2.25. The Balaban J connectivity index is 1.72. The zero-order chi connectivity index (χ0) is 26.0. The van der Waals surface area contributed by atoms with Crippen LogP contribution in [0.15, 0.2) is 88.6 Å². The predicted molar refractivity (Wildman–Crippen MR) is 141 cm³/mol. The SMILES string of the molecule is Cc1cc(C)cc(N(CC(=O)Nc2c(C)n(C)n(-c3ccccc3)c2=O)S(=O)(=O)c2ccccc2)c1. The monoisotopic (exact) mass is 504 g/mol. The third kappa shape index (κ3) is 4.83. The fourth-order valence-corrected chi connectivity index (χ4v) is 5.58. The topological polar surface area (TPSA) is 93.4 Å². The van der Waals surface area contributed by atoms with Crippen LogP contribution in [0.3, 0.4) is 0 Å². The summed E-state index contributed by atoms with van der Waals surface area (Å²) in [5.41, 5.74) is 2.99. The second kappa shape index (κ2) is 9.87. The van der Waals surface area contributed by atoms with Gasteiger partial charge in [0.25, 0.3) is 15.6 Å². The third-order valence-electron chi connectivity index (χ3n) is 5.93. The maximum Gasteiger partial charge on any atom is 0.295 e. The summed E-state index contributed by atoms with van der Waals surface area (Å²) in [4.78, 5) is 26.5. The van der Waals surface area contributed by atoms with Crippen LogP contribution in [0.25, 0.3) is 5.69 Å². The smallest absolute Gasteiger partial charge is 0.295 e. The van der Waals surface area contributed by atoms with E-state index in [4.69, 9.17) is 0 Å². The van der Waals surface area contributed by atoms with E-state index in [-0.39, 0.29) is 10.6 Å². The second-order valence-corrected chi connectivity index (χ2v) is 10.5. The molecule has 186 valence electrons. The van der Waals surface area contributed by atoms with E-state index >= 15 is 0 Å². The Morgan fingerprint density at radius 2 is 1.44 bits per heavy atom. The predicted octanol–water partition coefficient (Wildman–Crippen LogP) is 3.94. The van der Waals surface area contributed by atoms with Crippen molar-refractivity contribution in [3.63, 3.8) is 0 Å². The number of nitrogens with zero attached hydrogens (tertiary/aromatic N) is 3. The highest BCUT2D eigenvalue weighted by molar-refractivity contribution is 7.92. The number of hydrogen-bond acceptors (Lipinski definition) is 4. The molecule has 9 heteroatoms. The van der Waals surface area contributed by atoms with Gasteiger partial charge >= 0.3 is 0 Å². The molecule has 1 heterocycles. The van der Waals surface area contributed by atoms with E-state index in [1.54, 1.807) is 61.1 Å². The largest absolute Gasteiger partial charge is 0.318 e. The lowest BCUT2D eigenvalue weighted by molar-refractivity contribution is -0.114. The number of aromatic nitrogens is 2. The first-order valence-corrected chi connectivity index (χ1v) is 12.8. The number of anilines is 2. The van der Waals surface area contributed by atoms with Crippen molar-refractivity contribution in [2.24, 2.45) is 7.05 Å². The average Bonchev–Trinajstić information content (AvgIpc) is 3.06. The highest BCUT2D eigenvalue weighted by atomic mass is 32.2. The van der Waals surface area contributed by atoms with Crippen LogP contribution in [0, 0.1) is 20.8 Å². The molecule has 0 aliphatic heterocycles. The van der Waals surface area contributed by atoms with Gasteiger partial charge in [0.2, 0.25) is 5.91 Å². The van der Waals surface area contributed by atoms with Crippen molar-refractivity contribution < 1.29 is 13.2 Å². The molecule has 3 aromatic carbocycles. The van der Waals surface area contributed by atoms with Crippen LogP contribution in [0.4, 0.5) is 11.4 Å². The molecule has 0 aliphatic rings.